The second-order valence-corrected chi connectivity index (χ2v) is 3.77. The number of imidazole rings is 1. The van der Waals surface area contributed by atoms with Crippen LogP contribution in [0.25, 0.3) is 11.4 Å². The molecule has 0 aliphatic carbocycles. The third kappa shape index (κ3) is 1.89. The van der Waals surface area contributed by atoms with Crippen LogP contribution in [0, 0.1) is 10.1 Å². The van der Waals surface area contributed by atoms with Gasteiger partial charge in [0.25, 0.3) is 5.69 Å². The van der Waals surface area contributed by atoms with Crippen molar-refractivity contribution in [2.45, 2.75) is 0 Å². The van der Waals surface area contributed by atoms with Crippen LogP contribution in [-0.4, -0.2) is 14.9 Å². The van der Waals surface area contributed by atoms with Gasteiger partial charge in [-0.15, -0.1) is 0 Å². The lowest BCUT2D eigenvalue weighted by molar-refractivity contribution is -0.384. The van der Waals surface area contributed by atoms with Crippen LogP contribution in [0.3, 0.4) is 0 Å². The van der Waals surface area contributed by atoms with Gasteiger partial charge in [0.2, 0.25) is 0 Å². The number of aromatic nitrogens is 2. The molecule has 2 aromatic rings. The third-order valence-corrected chi connectivity index (χ3v) is 2.40. The van der Waals surface area contributed by atoms with Gasteiger partial charge in [0.15, 0.2) is 0 Å². The molecular weight excluding hydrogens is 262 g/mol. The Morgan fingerprint density at radius 2 is 2.27 bits per heavy atom. The zero-order valence-corrected chi connectivity index (χ0v) is 9.06. The van der Waals surface area contributed by atoms with Crippen molar-refractivity contribution >= 4 is 21.6 Å². The highest BCUT2D eigenvalue weighted by Gasteiger charge is 2.16. The number of nitro benzene ring substituents is 1. The molecule has 0 unspecified atom stereocenters. The average molecular weight is 268 g/mol. The van der Waals surface area contributed by atoms with Crippen molar-refractivity contribution in [3.05, 3.63) is 45.2 Å². The van der Waals surface area contributed by atoms with Gasteiger partial charge in [-0.2, -0.15) is 0 Å². The number of nitro groups is 1. The van der Waals surface area contributed by atoms with Crippen LogP contribution in [0.2, 0.25) is 0 Å². The lowest BCUT2D eigenvalue weighted by Gasteiger charge is -2.00. The van der Waals surface area contributed by atoms with E-state index in [-0.39, 0.29) is 5.69 Å². The van der Waals surface area contributed by atoms with E-state index in [2.05, 4.69) is 25.9 Å². The van der Waals surface area contributed by atoms with E-state index in [1.165, 1.54) is 6.07 Å². The van der Waals surface area contributed by atoms with Gasteiger partial charge in [-0.1, -0.05) is 15.9 Å². The summed E-state index contributed by atoms with van der Waals surface area (Å²) in [5.74, 6) is 0.489. The predicted octanol–water partition coefficient (Wildman–Crippen LogP) is 2.75. The van der Waals surface area contributed by atoms with Crippen molar-refractivity contribution in [2.24, 2.45) is 0 Å². The van der Waals surface area contributed by atoms with Gasteiger partial charge >= 0.3 is 0 Å². The number of aromatic amines is 1. The Hall–Kier alpha value is -1.69. The van der Waals surface area contributed by atoms with Gasteiger partial charge in [-0.05, 0) is 12.1 Å². The van der Waals surface area contributed by atoms with Crippen molar-refractivity contribution in [1.82, 2.24) is 9.97 Å². The molecule has 1 N–H and O–H groups in total. The fourth-order valence-electron chi connectivity index (χ4n) is 1.27. The van der Waals surface area contributed by atoms with Crippen LogP contribution in [0.4, 0.5) is 5.69 Å². The number of halogens is 1. The Balaban J connectivity index is 2.63. The first-order valence-electron chi connectivity index (χ1n) is 4.12. The molecular formula is C9H6BrN3O2. The summed E-state index contributed by atoms with van der Waals surface area (Å²) < 4.78 is 0.777. The summed E-state index contributed by atoms with van der Waals surface area (Å²) in [7, 11) is 0. The molecule has 0 atom stereocenters. The normalized spacial score (nSPS) is 10.2. The Labute approximate surface area is 93.4 Å². The molecule has 0 spiro atoms. The molecule has 1 aromatic carbocycles. The van der Waals surface area contributed by atoms with Gasteiger partial charge in [0.05, 0.1) is 10.5 Å². The summed E-state index contributed by atoms with van der Waals surface area (Å²) in [5.41, 5.74) is 0.507. The molecule has 6 heteroatoms. The first-order chi connectivity index (χ1) is 7.18. The van der Waals surface area contributed by atoms with Crippen molar-refractivity contribution in [3.8, 4) is 11.4 Å². The third-order valence-electron chi connectivity index (χ3n) is 1.91. The summed E-state index contributed by atoms with van der Waals surface area (Å²) >= 11 is 3.27. The van der Waals surface area contributed by atoms with Crippen molar-refractivity contribution in [3.63, 3.8) is 0 Å². The van der Waals surface area contributed by atoms with Crippen LogP contribution < -0.4 is 0 Å². The van der Waals surface area contributed by atoms with Gasteiger partial charge in [0.1, 0.15) is 5.82 Å². The molecule has 0 aliphatic heterocycles. The van der Waals surface area contributed by atoms with Crippen LogP contribution in [0.15, 0.2) is 35.1 Å². The molecule has 1 heterocycles. The maximum absolute atomic E-state index is 10.8. The van der Waals surface area contributed by atoms with Gasteiger partial charge in [-0.25, -0.2) is 4.98 Å². The highest BCUT2D eigenvalue weighted by atomic mass is 79.9. The van der Waals surface area contributed by atoms with Gasteiger partial charge in [0, 0.05) is 22.9 Å². The number of hydrogen-bond acceptors (Lipinski definition) is 3. The van der Waals surface area contributed by atoms with E-state index >= 15 is 0 Å². The fourth-order valence-corrected chi connectivity index (χ4v) is 1.63. The second-order valence-electron chi connectivity index (χ2n) is 2.86. The Bertz CT molecular complexity index is 496. The molecule has 0 fully saturated rings. The number of rotatable bonds is 2. The Morgan fingerprint density at radius 3 is 2.87 bits per heavy atom. The molecule has 15 heavy (non-hydrogen) atoms. The quantitative estimate of drug-likeness (QED) is 0.672. The smallest absolute Gasteiger partial charge is 0.280 e. The van der Waals surface area contributed by atoms with E-state index in [1.807, 2.05) is 0 Å². The fraction of sp³-hybridized carbons (Fsp3) is 0. The largest absolute Gasteiger partial charge is 0.344 e. The van der Waals surface area contributed by atoms with E-state index < -0.39 is 4.92 Å². The van der Waals surface area contributed by atoms with Crippen molar-refractivity contribution in [1.29, 1.82) is 0 Å². The van der Waals surface area contributed by atoms with Crippen LogP contribution in [-0.2, 0) is 0 Å². The van der Waals surface area contributed by atoms with E-state index in [1.54, 1.807) is 24.5 Å². The molecule has 0 bridgehead atoms. The minimum atomic E-state index is -0.426. The molecule has 0 saturated carbocycles. The van der Waals surface area contributed by atoms with Crippen LogP contribution >= 0.6 is 15.9 Å². The standard InChI is InChI=1S/C9H6BrN3O2/c10-6-1-2-8(13(14)15)7(5-6)9-11-3-4-12-9/h1-5H,(H,11,12). The Kier molecular flexibility index (Phi) is 2.51. The summed E-state index contributed by atoms with van der Waals surface area (Å²) in [5, 5.41) is 10.8. The van der Waals surface area contributed by atoms with Gasteiger partial charge < -0.3 is 4.98 Å². The zero-order valence-electron chi connectivity index (χ0n) is 7.48. The van der Waals surface area contributed by atoms with Crippen molar-refractivity contribution in [2.75, 3.05) is 0 Å². The first kappa shape index (κ1) is 9.85. The minimum absolute atomic E-state index is 0.0353. The molecule has 2 rings (SSSR count). The number of H-pyrrole nitrogens is 1. The summed E-state index contributed by atoms with van der Waals surface area (Å²) in [6.45, 7) is 0. The molecule has 0 aliphatic rings. The highest BCUT2D eigenvalue weighted by molar-refractivity contribution is 9.10. The monoisotopic (exact) mass is 267 g/mol. The molecule has 76 valence electrons. The molecule has 0 amide bonds. The number of nitrogens with one attached hydrogen (secondary N) is 1. The molecule has 0 saturated heterocycles. The van der Waals surface area contributed by atoms with E-state index in [4.69, 9.17) is 0 Å². The van der Waals surface area contributed by atoms with Crippen molar-refractivity contribution < 1.29 is 4.92 Å². The maximum atomic E-state index is 10.8. The lowest BCUT2D eigenvalue weighted by atomic mass is 10.2. The Morgan fingerprint density at radius 1 is 1.47 bits per heavy atom. The van der Waals surface area contributed by atoms with E-state index in [0.29, 0.717) is 11.4 Å². The summed E-state index contributed by atoms with van der Waals surface area (Å²) in [6.07, 6.45) is 3.18. The topological polar surface area (TPSA) is 71.8 Å². The van der Waals surface area contributed by atoms with Crippen LogP contribution in [0.5, 0.6) is 0 Å². The minimum Gasteiger partial charge on any atom is -0.344 e. The number of hydrogen-bond donors (Lipinski definition) is 1. The predicted molar refractivity (Wildman–Crippen MR) is 58.4 cm³/mol. The van der Waals surface area contributed by atoms with E-state index in [0.717, 1.165) is 4.47 Å². The summed E-state index contributed by atoms with van der Waals surface area (Å²) in [4.78, 5) is 17.2. The van der Waals surface area contributed by atoms with Gasteiger partial charge in [-0.3, -0.25) is 10.1 Å². The lowest BCUT2D eigenvalue weighted by Crippen LogP contribution is -1.92. The highest BCUT2D eigenvalue weighted by Crippen LogP contribution is 2.29. The second kappa shape index (κ2) is 3.82. The molecule has 5 nitrogen and oxygen atoms in total. The number of nitrogens with zero attached hydrogens (tertiary/aromatic N) is 2. The maximum Gasteiger partial charge on any atom is 0.280 e. The first-order valence-corrected chi connectivity index (χ1v) is 4.91. The molecule has 0 radical (unpaired) electrons. The van der Waals surface area contributed by atoms with E-state index in [9.17, 15) is 10.1 Å². The zero-order chi connectivity index (χ0) is 10.8. The average Bonchev–Trinajstić information content (AvgIpc) is 2.69. The molecule has 1 aromatic heterocycles. The SMILES string of the molecule is O=[N+]([O-])c1ccc(Br)cc1-c1ncc[nH]1. The number of benzene rings is 1. The van der Waals surface area contributed by atoms with Crippen LogP contribution in [0.1, 0.15) is 0 Å². The summed E-state index contributed by atoms with van der Waals surface area (Å²) in [6, 6.07) is 4.74.